The third-order valence-electron chi connectivity index (χ3n) is 4.69. The average Bonchev–Trinajstić information content (AvgIpc) is 2.99. The minimum Gasteiger partial charge on any atom is -0.452 e. The summed E-state index contributed by atoms with van der Waals surface area (Å²) in [7, 11) is -3.16. The second-order valence-electron chi connectivity index (χ2n) is 6.83. The van der Waals surface area contributed by atoms with Crippen LogP contribution < -0.4 is 0 Å². The van der Waals surface area contributed by atoms with Crippen LogP contribution in [0.3, 0.4) is 0 Å². The molecule has 0 aliphatic carbocycles. The Hall–Kier alpha value is -2.49. The number of sulfone groups is 1. The van der Waals surface area contributed by atoms with Gasteiger partial charge in [0.15, 0.2) is 16.4 Å². The maximum Gasteiger partial charge on any atom is 0.338 e. The van der Waals surface area contributed by atoms with E-state index >= 15 is 0 Å². The number of hydrogen-bond donors (Lipinski definition) is 0. The first-order chi connectivity index (χ1) is 13.1. The van der Waals surface area contributed by atoms with Crippen LogP contribution in [0.25, 0.3) is 0 Å². The minimum absolute atomic E-state index is 0.0198. The number of esters is 1. The van der Waals surface area contributed by atoms with Crippen LogP contribution in [-0.2, 0) is 19.4 Å². The van der Waals surface area contributed by atoms with Crippen LogP contribution >= 0.6 is 0 Å². The predicted molar refractivity (Wildman–Crippen MR) is 102 cm³/mol. The fourth-order valence-corrected chi connectivity index (χ4v) is 4.82. The lowest BCUT2D eigenvalue weighted by Crippen LogP contribution is -2.43. The summed E-state index contributed by atoms with van der Waals surface area (Å²) in [6.07, 6.45) is 1.91. The van der Waals surface area contributed by atoms with Crippen LogP contribution in [-0.4, -0.2) is 60.8 Å². The molecule has 1 heterocycles. The third kappa shape index (κ3) is 5.51. The molecule has 1 aliphatic heterocycles. The maximum atomic E-state index is 12.6. The van der Waals surface area contributed by atoms with Gasteiger partial charge in [-0.05, 0) is 25.8 Å². The van der Waals surface area contributed by atoms with Crippen LogP contribution in [0.15, 0.2) is 18.2 Å². The molecule has 0 radical (unpaired) electrons. The van der Waals surface area contributed by atoms with Crippen LogP contribution in [0.2, 0.25) is 0 Å². The van der Waals surface area contributed by atoms with Gasteiger partial charge < -0.3 is 9.64 Å². The van der Waals surface area contributed by atoms with Crippen molar-refractivity contribution in [1.29, 1.82) is 0 Å². The molecule has 1 unspecified atom stereocenters. The van der Waals surface area contributed by atoms with E-state index in [0.29, 0.717) is 24.9 Å². The van der Waals surface area contributed by atoms with Crippen molar-refractivity contribution in [2.24, 2.45) is 0 Å². The number of amides is 1. The van der Waals surface area contributed by atoms with Crippen molar-refractivity contribution in [2.75, 3.05) is 24.7 Å². The number of unbranched alkanes of at least 4 members (excludes halogenated alkanes) is 1. The normalized spacial score (nSPS) is 17.9. The Morgan fingerprint density at radius 2 is 2.07 bits per heavy atom. The molecule has 10 heteroatoms. The number of benzene rings is 1. The molecule has 1 aromatic rings. The van der Waals surface area contributed by atoms with Crippen LogP contribution in [0.1, 0.15) is 42.1 Å². The quantitative estimate of drug-likeness (QED) is 0.363. The molecular formula is C18H24N2O7S. The van der Waals surface area contributed by atoms with Gasteiger partial charge in [0.2, 0.25) is 0 Å². The smallest absolute Gasteiger partial charge is 0.338 e. The molecule has 0 saturated carbocycles. The summed E-state index contributed by atoms with van der Waals surface area (Å²) in [5, 5.41) is 11.0. The topological polar surface area (TPSA) is 124 Å². The second kappa shape index (κ2) is 9.13. The van der Waals surface area contributed by atoms with Crippen molar-refractivity contribution in [2.45, 2.75) is 39.2 Å². The Kier molecular flexibility index (Phi) is 7.11. The Labute approximate surface area is 163 Å². The van der Waals surface area contributed by atoms with E-state index in [1.54, 1.807) is 6.92 Å². The van der Waals surface area contributed by atoms with Gasteiger partial charge in [0.05, 0.1) is 22.0 Å². The fraction of sp³-hybridized carbons (Fsp3) is 0.556. The van der Waals surface area contributed by atoms with E-state index in [9.17, 15) is 28.1 Å². The molecule has 1 aliphatic rings. The highest BCUT2D eigenvalue weighted by Crippen LogP contribution is 2.21. The number of aryl methyl sites for hydroxylation is 1. The number of carbonyl (C=O) groups is 2. The highest BCUT2D eigenvalue weighted by Gasteiger charge is 2.34. The van der Waals surface area contributed by atoms with Gasteiger partial charge in [-0.2, -0.15) is 0 Å². The summed E-state index contributed by atoms with van der Waals surface area (Å²) < 4.78 is 28.5. The SMILES string of the molecule is CCCCN(C(=O)COC(=O)c1ccc(C)c([N+](=O)[O-])c1)C1CCS(=O)(=O)C1. The molecule has 1 amide bonds. The molecule has 1 fully saturated rings. The second-order valence-corrected chi connectivity index (χ2v) is 9.06. The summed E-state index contributed by atoms with van der Waals surface area (Å²) in [4.78, 5) is 36.6. The lowest BCUT2D eigenvalue weighted by molar-refractivity contribution is -0.385. The molecule has 1 aromatic carbocycles. The molecule has 154 valence electrons. The first-order valence-corrected chi connectivity index (χ1v) is 10.9. The number of ether oxygens (including phenoxy) is 1. The van der Waals surface area contributed by atoms with Crippen LogP contribution in [0.5, 0.6) is 0 Å². The number of rotatable bonds is 8. The molecule has 0 spiro atoms. The van der Waals surface area contributed by atoms with Crippen molar-refractivity contribution in [3.63, 3.8) is 0 Å². The van der Waals surface area contributed by atoms with Crippen molar-refractivity contribution in [3.8, 4) is 0 Å². The molecule has 2 rings (SSSR count). The molecule has 1 atom stereocenters. The predicted octanol–water partition coefficient (Wildman–Crippen LogP) is 1.88. The lowest BCUT2D eigenvalue weighted by atomic mass is 10.1. The van der Waals surface area contributed by atoms with Crippen molar-refractivity contribution < 1.29 is 27.7 Å². The van der Waals surface area contributed by atoms with Gasteiger partial charge in [-0.25, -0.2) is 13.2 Å². The van der Waals surface area contributed by atoms with E-state index < -0.39 is 39.3 Å². The standard InChI is InChI=1S/C18H24N2O7S/c1-3-4-8-19(15-7-9-28(25,26)12-15)17(21)11-27-18(22)14-6-5-13(2)16(10-14)20(23)24/h5-6,10,15H,3-4,7-9,11-12H2,1-2H3. The van der Waals surface area contributed by atoms with Gasteiger partial charge in [0.25, 0.3) is 11.6 Å². The summed E-state index contributed by atoms with van der Waals surface area (Å²) in [6.45, 7) is 3.36. The van der Waals surface area contributed by atoms with Gasteiger partial charge in [0.1, 0.15) is 0 Å². The van der Waals surface area contributed by atoms with E-state index in [2.05, 4.69) is 0 Å². The zero-order chi connectivity index (χ0) is 20.9. The zero-order valence-electron chi connectivity index (χ0n) is 15.9. The van der Waals surface area contributed by atoms with E-state index in [0.717, 1.165) is 12.5 Å². The summed E-state index contributed by atoms with van der Waals surface area (Å²) in [5.74, 6) is -1.35. The first-order valence-electron chi connectivity index (χ1n) is 9.06. The number of nitrogens with zero attached hydrogens (tertiary/aromatic N) is 2. The monoisotopic (exact) mass is 412 g/mol. The van der Waals surface area contributed by atoms with Crippen LogP contribution in [0.4, 0.5) is 5.69 Å². The third-order valence-corrected chi connectivity index (χ3v) is 6.44. The Morgan fingerprint density at radius 1 is 1.36 bits per heavy atom. The Balaban J connectivity index is 2.04. The highest BCUT2D eigenvalue weighted by molar-refractivity contribution is 7.91. The molecule has 0 bridgehead atoms. The summed E-state index contributed by atoms with van der Waals surface area (Å²) in [5.41, 5.74) is 0.181. The summed E-state index contributed by atoms with van der Waals surface area (Å²) in [6, 6.07) is 3.53. The van der Waals surface area contributed by atoms with Gasteiger partial charge in [-0.1, -0.05) is 19.4 Å². The molecule has 9 nitrogen and oxygen atoms in total. The van der Waals surface area contributed by atoms with Gasteiger partial charge in [-0.3, -0.25) is 14.9 Å². The van der Waals surface area contributed by atoms with E-state index in [1.165, 1.54) is 17.0 Å². The van der Waals surface area contributed by atoms with Gasteiger partial charge in [-0.15, -0.1) is 0 Å². The number of hydrogen-bond acceptors (Lipinski definition) is 7. The average molecular weight is 412 g/mol. The highest BCUT2D eigenvalue weighted by atomic mass is 32.2. The van der Waals surface area contributed by atoms with E-state index in [1.807, 2.05) is 6.92 Å². The fourth-order valence-electron chi connectivity index (χ4n) is 3.09. The molecule has 28 heavy (non-hydrogen) atoms. The molecule has 0 N–H and O–H groups in total. The van der Waals surface area contributed by atoms with E-state index in [-0.39, 0.29) is 22.8 Å². The lowest BCUT2D eigenvalue weighted by Gasteiger charge is -2.28. The largest absolute Gasteiger partial charge is 0.452 e. The van der Waals surface area contributed by atoms with Gasteiger partial charge >= 0.3 is 5.97 Å². The Bertz CT molecular complexity index is 867. The van der Waals surface area contributed by atoms with Crippen molar-refractivity contribution in [3.05, 3.63) is 39.4 Å². The number of carbonyl (C=O) groups excluding carboxylic acids is 2. The van der Waals surface area contributed by atoms with Crippen molar-refractivity contribution in [1.82, 2.24) is 4.90 Å². The van der Waals surface area contributed by atoms with E-state index in [4.69, 9.17) is 4.74 Å². The molecule has 1 saturated heterocycles. The Morgan fingerprint density at radius 3 is 2.64 bits per heavy atom. The van der Waals surface area contributed by atoms with Gasteiger partial charge in [0, 0.05) is 24.2 Å². The number of nitro groups is 1. The molecular weight excluding hydrogens is 388 g/mol. The maximum absolute atomic E-state index is 12.6. The van der Waals surface area contributed by atoms with Crippen LogP contribution in [0, 0.1) is 17.0 Å². The molecule has 0 aromatic heterocycles. The zero-order valence-corrected chi connectivity index (χ0v) is 16.7. The number of nitro benzene ring substituents is 1. The summed E-state index contributed by atoms with van der Waals surface area (Å²) >= 11 is 0. The van der Waals surface area contributed by atoms with Crippen molar-refractivity contribution >= 4 is 27.4 Å². The first kappa shape index (κ1) is 21.8. The minimum atomic E-state index is -3.16.